The molecule has 0 fully saturated rings. The van der Waals surface area contributed by atoms with Crippen molar-refractivity contribution in [1.82, 2.24) is 15.1 Å². The van der Waals surface area contributed by atoms with Crippen molar-refractivity contribution >= 4 is 0 Å². The standard InChI is InChI=1S/C14H28N4O/c1-12-10-13(2)18(17-12)9-5-8-16-14(11-19-3)6-4-7-15/h10,14,16H,4-9,11,15H2,1-3H3. The molecular weight excluding hydrogens is 240 g/mol. The summed E-state index contributed by atoms with van der Waals surface area (Å²) in [6.45, 7) is 7.57. The van der Waals surface area contributed by atoms with Crippen LogP contribution in [0.5, 0.6) is 0 Å². The molecule has 1 aromatic heterocycles. The number of nitrogens with zero attached hydrogens (tertiary/aromatic N) is 2. The van der Waals surface area contributed by atoms with Crippen LogP contribution < -0.4 is 11.1 Å². The zero-order valence-corrected chi connectivity index (χ0v) is 12.5. The normalized spacial score (nSPS) is 12.8. The van der Waals surface area contributed by atoms with E-state index < -0.39 is 0 Å². The maximum atomic E-state index is 5.54. The first-order valence-corrected chi connectivity index (χ1v) is 7.10. The number of nitrogens with one attached hydrogen (secondary N) is 1. The molecule has 0 aliphatic heterocycles. The molecule has 110 valence electrons. The van der Waals surface area contributed by atoms with Crippen LogP contribution in [0.3, 0.4) is 0 Å². The Morgan fingerprint density at radius 1 is 1.42 bits per heavy atom. The summed E-state index contributed by atoms with van der Waals surface area (Å²) in [4.78, 5) is 0. The fourth-order valence-electron chi connectivity index (χ4n) is 2.25. The minimum Gasteiger partial charge on any atom is -0.383 e. The van der Waals surface area contributed by atoms with Crippen LogP contribution in [0, 0.1) is 13.8 Å². The van der Waals surface area contributed by atoms with Gasteiger partial charge in [0.15, 0.2) is 0 Å². The highest BCUT2D eigenvalue weighted by Gasteiger charge is 2.07. The van der Waals surface area contributed by atoms with Crippen LogP contribution in [0.15, 0.2) is 6.07 Å². The van der Waals surface area contributed by atoms with Crippen molar-refractivity contribution in [2.45, 2.75) is 45.7 Å². The molecule has 0 aliphatic rings. The molecule has 19 heavy (non-hydrogen) atoms. The van der Waals surface area contributed by atoms with Crippen molar-refractivity contribution in [1.29, 1.82) is 0 Å². The zero-order valence-electron chi connectivity index (χ0n) is 12.5. The third-order valence-electron chi connectivity index (χ3n) is 3.21. The molecule has 5 heteroatoms. The van der Waals surface area contributed by atoms with Gasteiger partial charge in [0.2, 0.25) is 0 Å². The van der Waals surface area contributed by atoms with Gasteiger partial charge in [0, 0.05) is 25.4 Å². The van der Waals surface area contributed by atoms with E-state index in [1.165, 1.54) is 5.69 Å². The average Bonchev–Trinajstić information content (AvgIpc) is 2.70. The molecule has 0 bridgehead atoms. The van der Waals surface area contributed by atoms with E-state index in [0.29, 0.717) is 6.04 Å². The Bertz CT molecular complexity index is 351. The number of ether oxygens (including phenoxy) is 1. The highest BCUT2D eigenvalue weighted by Crippen LogP contribution is 2.03. The molecule has 0 spiro atoms. The summed E-state index contributed by atoms with van der Waals surface area (Å²) < 4.78 is 7.29. The van der Waals surface area contributed by atoms with Crippen molar-refractivity contribution in [3.63, 3.8) is 0 Å². The molecule has 1 rings (SSSR count). The van der Waals surface area contributed by atoms with Gasteiger partial charge in [-0.05, 0) is 52.3 Å². The van der Waals surface area contributed by atoms with E-state index >= 15 is 0 Å². The highest BCUT2D eigenvalue weighted by molar-refractivity contribution is 5.06. The summed E-state index contributed by atoms with van der Waals surface area (Å²) >= 11 is 0. The lowest BCUT2D eigenvalue weighted by Gasteiger charge is -2.17. The topological polar surface area (TPSA) is 65.1 Å². The first kappa shape index (κ1) is 16.1. The lowest BCUT2D eigenvalue weighted by atomic mass is 10.1. The quantitative estimate of drug-likeness (QED) is 0.627. The number of hydrogen-bond donors (Lipinski definition) is 2. The third-order valence-corrected chi connectivity index (χ3v) is 3.21. The fraction of sp³-hybridized carbons (Fsp3) is 0.786. The highest BCUT2D eigenvalue weighted by atomic mass is 16.5. The SMILES string of the molecule is COCC(CCCN)NCCCn1nc(C)cc1C. The van der Waals surface area contributed by atoms with Crippen molar-refractivity contribution < 1.29 is 4.74 Å². The number of rotatable bonds is 10. The monoisotopic (exact) mass is 268 g/mol. The van der Waals surface area contributed by atoms with E-state index in [2.05, 4.69) is 28.1 Å². The van der Waals surface area contributed by atoms with E-state index in [1.807, 2.05) is 6.92 Å². The van der Waals surface area contributed by atoms with E-state index in [-0.39, 0.29) is 0 Å². The molecule has 1 atom stereocenters. The van der Waals surface area contributed by atoms with Gasteiger partial charge in [0.05, 0.1) is 12.3 Å². The van der Waals surface area contributed by atoms with Crippen molar-refractivity contribution in [2.75, 3.05) is 26.8 Å². The van der Waals surface area contributed by atoms with Gasteiger partial charge in [0.25, 0.3) is 0 Å². The summed E-state index contributed by atoms with van der Waals surface area (Å²) in [5.74, 6) is 0. The van der Waals surface area contributed by atoms with Crippen LogP contribution in [0.1, 0.15) is 30.7 Å². The molecule has 0 radical (unpaired) electrons. The van der Waals surface area contributed by atoms with Crippen molar-refractivity contribution in [2.24, 2.45) is 5.73 Å². The van der Waals surface area contributed by atoms with Crippen LogP contribution in [0.25, 0.3) is 0 Å². The largest absolute Gasteiger partial charge is 0.383 e. The molecule has 0 saturated carbocycles. The van der Waals surface area contributed by atoms with Crippen LogP contribution in [0.4, 0.5) is 0 Å². The molecule has 1 aromatic rings. The Labute approximate surface area is 116 Å². The van der Waals surface area contributed by atoms with Gasteiger partial charge in [0.1, 0.15) is 0 Å². The average molecular weight is 268 g/mol. The number of hydrogen-bond acceptors (Lipinski definition) is 4. The zero-order chi connectivity index (χ0) is 14.1. The minimum absolute atomic E-state index is 0.411. The fourth-order valence-corrected chi connectivity index (χ4v) is 2.25. The molecule has 0 aromatic carbocycles. The van der Waals surface area contributed by atoms with Gasteiger partial charge in [-0.15, -0.1) is 0 Å². The number of aromatic nitrogens is 2. The summed E-state index contributed by atoms with van der Waals surface area (Å²) in [5.41, 5.74) is 7.86. The Balaban J connectivity index is 2.22. The second-order valence-electron chi connectivity index (χ2n) is 5.04. The van der Waals surface area contributed by atoms with Crippen LogP contribution in [-0.2, 0) is 11.3 Å². The molecule has 0 saturated heterocycles. The van der Waals surface area contributed by atoms with Gasteiger partial charge in [-0.3, -0.25) is 4.68 Å². The van der Waals surface area contributed by atoms with Crippen molar-refractivity contribution in [3.05, 3.63) is 17.5 Å². The second-order valence-corrected chi connectivity index (χ2v) is 5.04. The Morgan fingerprint density at radius 2 is 2.21 bits per heavy atom. The predicted molar refractivity (Wildman–Crippen MR) is 78.3 cm³/mol. The summed E-state index contributed by atoms with van der Waals surface area (Å²) in [6, 6.07) is 2.52. The van der Waals surface area contributed by atoms with Gasteiger partial charge < -0.3 is 15.8 Å². The number of nitrogens with two attached hydrogens (primary N) is 1. The van der Waals surface area contributed by atoms with E-state index in [0.717, 1.165) is 51.2 Å². The molecule has 5 nitrogen and oxygen atoms in total. The number of methoxy groups -OCH3 is 1. The van der Waals surface area contributed by atoms with Gasteiger partial charge in [-0.2, -0.15) is 5.10 Å². The van der Waals surface area contributed by atoms with E-state index in [9.17, 15) is 0 Å². The Morgan fingerprint density at radius 3 is 2.79 bits per heavy atom. The van der Waals surface area contributed by atoms with E-state index in [4.69, 9.17) is 10.5 Å². The van der Waals surface area contributed by atoms with Crippen molar-refractivity contribution in [3.8, 4) is 0 Å². The molecule has 0 amide bonds. The van der Waals surface area contributed by atoms with Crippen LogP contribution in [0.2, 0.25) is 0 Å². The Kier molecular flexibility index (Phi) is 7.70. The van der Waals surface area contributed by atoms with Gasteiger partial charge in [-0.1, -0.05) is 0 Å². The van der Waals surface area contributed by atoms with Gasteiger partial charge >= 0.3 is 0 Å². The Hall–Kier alpha value is -0.910. The third kappa shape index (κ3) is 6.18. The summed E-state index contributed by atoms with van der Waals surface area (Å²) in [7, 11) is 1.74. The smallest absolute Gasteiger partial charge is 0.0615 e. The summed E-state index contributed by atoms with van der Waals surface area (Å²) in [5, 5.41) is 7.99. The molecule has 1 heterocycles. The number of aryl methyl sites for hydroxylation is 3. The molecule has 0 aliphatic carbocycles. The van der Waals surface area contributed by atoms with Crippen LogP contribution in [-0.4, -0.2) is 42.6 Å². The maximum absolute atomic E-state index is 5.54. The maximum Gasteiger partial charge on any atom is 0.0615 e. The molecular formula is C14H28N4O. The van der Waals surface area contributed by atoms with E-state index in [1.54, 1.807) is 7.11 Å². The lowest BCUT2D eigenvalue weighted by molar-refractivity contribution is 0.161. The second kappa shape index (κ2) is 9.07. The first-order chi connectivity index (χ1) is 9.17. The summed E-state index contributed by atoms with van der Waals surface area (Å²) in [6.07, 6.45) is 3.19. The van der Waals surface area contributed by atoms with Gasteiger partial charge in [-0.25, -0.2) is 0 Å². The minimum atomic E-state index is 0.411. The molecule has 3 N–H and O–H groups in total. The molecule has 1 unspecified atom stereocenters. The first-order valence-electron chi connectivity index (χ1n) is 7.10. The van der Waals surface area contributed by atoms with Crippen LogP contribution >= 0.6 is 0 Å². The predicted octanol–water partition coefficient (Wildman–Crippen LogP) is 1.23. The lowest BCUT2D eigenvalue weighted by Crippen LogP contribution is -2.34.